The van der Waals surface area contributed by atoms with Gasteiger partial charge in [-0.1, -0.05) is 29.5 Å². The number of piperidine rings is 1. The SMILES string of the molecule is CC[NH+]1CCC(NC(=O)CSc2nnnn2-c2ccc(C)cc2)CC1. The topological polar surface area (TPSA) is 77.1 Å². The van der Waals surface area contributed by atoms with E-state index in [-0.39, 0.29) is 5.91 Å². The Labute approximate surface area is 152 Å². The number of thioether (sulfide) groups is 1. The van der Waals surface area contributed by atoms with Crippen LogP contribution in [0.4, 0.5) is 0 Å². The molecule has 1 aromatic carbocycles. The van der Waals surface area contributed by atoms with Crippen LogP contribution < -0.4 is 10.2 Å². The van der Waals surface area contributed by atoms with Gasteiger partial charge in [-0.05, 0) is 36.4 Å². The third-order valence-electron chi connectivity index (χ3n) is 4.61. The summed E-state index contributed by atoms with van der Waals surface area (Å²) in [6, 6.07) is 8.28. The second kappa shape index (κ2) is 8.44. The molecule has 8 heteroatoms. The van der Waals surface area contributed by atoms with Crippen LogP contribution in [0.1, 0.15) is 25.3 Å². The molecular formula is C17H25N6OS+. The van der Waals surface area contributed by atoms with Gasteiger partial charge in [-0.2, -0.15) is 4.68 Å². The molecule has 0 unspecified atom stereocenters. The zero-order valence-electron chi connectivity index (χ0n) is 14.7. The van der Waals surface area contributed by atoms with Crippen molar-refractivity contribution < 1.29 is 9.69 Å². The van der Waals surface area contributed by atoms with E-state index in [1.54, 1.807) is 9.58 Å². The maximum absolute atomic E-state index is 12.2. The molecule has 0 spiro atoms. The second-order valence-corrected chi connectivity index (χ2v) is 7.39. The average Bonchev–Trinajstić information content (AvgIpc) is 3.10. The van der Waals surface area contributed by atoms with Gasteiger partial charge in [0, 0.05) is 18.9 Å². The van der Waals surface area contributed by atoms with Crippen LogP contribution in [-0.4, -0.2) is 57.5 Å². The number of likely N-dealkylation sites (tertiary alicyclic amines) is 1. The average molecular weight is 361 g/mol. The number of hydrogen-bond donors (Lipinski definition) is 2. The van der Waals surface area contributed by atoms with Gasteiger partial charge in [-0.3, -0.25) is 4.79 Å². The lowest BCUT2D eigenvalue weighted by Crippen LogP contribution is -3.13. The number of nitrogens with zero attached hydrogens (tertiary/aromatic N) is 4. The fourth-order valence-electron chi connectivity index (χ4n) is 3.04. The van der Waals surface area contributed by atoms with Gasteiger partial charge in [-0.25, -0.2) is 0 Å². The summed E-state index contributed by atoms with van der Waals surface area (Å²) in [5.41, 5.74) is 2.08. The molecule has 0 bridgehead atoms. The van der Waals surface area contributed by atoms with E-state index in [4.69, 9.17) is 0 Å². The molecule has 2 heterocycles. The summed E-state index contributed by atoms with van der Waals surface area (Å²) in [6.45, 7) is 7.69. The van der Waals surface area contributed by atoms with E-state index in [1.165, 1.54) is 17.3 Å². The molecule has 0 radical (unpaired) electrons. The summed E-state index contributed by atoms with van der Waals surface area (Å²) in [7, 11) is 0. The Morgan fingerprint density at radius 3 is 2.72 bits per heavy atom. The molecule has 1 aromatic heterocycles. The predicted octanol–water partition coefficient (Wildman–Crippen LogP) is 0.246. The van der Waals surface area contributed by atoms with E-state index in [9.17, 15) is 4.79 Å². The third-order valence-corrected chi connectivity index (χ3v) is 5.53. The molecule has 7 nitrogen and oxygen atoms in total. The first-order valence-electron chi connectivity index (χ1n) is 8.77. The van der Waals surface area contributed by atoms with Crippen LogP contribution in [0.25, 0.3) is 5.69 Å². The van der Waals surface area contributed by atoms with Crippen molar-refractivity contribution in [3.8, 4) is 5.69 Å². The highest BCUT2D eigenvalue weighted by Crippen LogP contribution is 2.18. The number of aromatic nitrogens is 4. The zero-order chi connectivity index (χ0) is 17.6. The summed E-state index contributed by atoms with van der Waals surface area (Å²) < 4.78 is 1.67. The number of rotatable bonds is 6. The van der Waals surface area contributed by atoms with Crippen molar-refractivity contribution in [2.45, 2.75) is 37.9 Å². The van der Waals surface area contributed by atoms with Gasteiger partial charge >= 0.3 is 0 Å². The Balaban J connectivity index is 1.51. The predicted molar refractivity (Wildman–Crippen MR) is 97.0 cm³/mol. The number of hydrogen-bond acceptors (Lipinski definition) is 5. The largest absolute Gasteiger partial charge is 0.352 e. The van der Waals surface area contributed by atoms with Gasteiger partial charge < -0.3 is 10.2 Å². The monoisotopic (exact) mass is 361 g/mol. The fraction of sp³-hybridized carbons (Fsp3) is 0.529. The number of carbonyl (C=O) groups excluding carboxylic acids is 1. The Bertz CT molecular complexity index is 693. The number of carbonyl (C=O) groups is 1. The van der Waals surface area contributed by atoms with Gasteiger partial charge in [0.05, 0.1) is 31.1 Å². The Morgan fingerprint density at radius 1 is 1.32 bits per heavy atom. The van der Waals surface area contributed by atoms with Crippen molar-refractivity contribution in [3.05, 3.63) is 29.8 Å². The van der Waals surface area contributed by atoms with Crippen molar-refractivity contribution in [1.29, 1.82) is 0 Å². The zero-order valence-corrected chi connectivity index (χ0v) is 15.6. The molecular weight excluding hydrogens is 336 g/mol. The van der Waals surface area contributed by atoms with Crippen molar-refractivity contribution in [3.63, 3.8) is 0 Å². The lowest BCUT2D eigenvalue weighted by Gasteiger charge is -2.28. The highest BCUT2D eigenvalue weighted by atomic mass is 32.2. The first-order valence-corrected chi connectivity index (χ1v) is 9.75. The molecule has 1 aliphatic rings. The molecule has 3 rings (SSSR count). The van der Waals surface area contributed by atoms with Crippen molar-refractivity contribution in [2.24, 2.45) is 0 Å². The van der Waals surface area contributed by atoms with Gasteiger partial charge in [-0.15, -0.1) is 5.10 Å². The molecule has 25 heavy (non-hydrogen) atoms. The summed E-state index contributed by atoms with van der Waals surface area (Å²) in [6.07, 6.45) is 2.11. The highest BCUT2D eigenvalue weighted by Gasteiger charge is 2.22. The maximum Gasteiger partial charge on any atom is 0.230 e. The van der Waals surface area contributed by atoms with E-state index < -0.39 is 0 Å². The van der Waals surface area contributed by atoms with Crippen LogP contribution in [-0.2, 0) is 4.79 Å². The number of amides is 1. The summed E-state index contributed by atoms with van der Waals surface area (Å²) in [5, 5.41) is 15.6. The second-order valence-electron chi connectivity index (χ2n) is 6.44. The van der Waals surface area contributed by atoms with E-state index in [2.05, 4.69) is 27.8 Å². The molecule has 2 N–H and O–H groups in total. The highest BCUT2D eigenvalue weighted by molar-refractivity contribution is 7.99. The van der Waals surface area contributed by atoms with Crippen LogP contribution in [0.5, 0.6) is 0 Å². The lowest BCUT2D eigenvalue weighted by molar-refractivity contribution is -0.903. The Kier molecular flexibility index (Phi) is 6.04. The van der Waals surface area contributed by atoms with Crippen molar-refractivity contribution >= 4 is 17.7 Å². The molecule has 1 saturated heterocycles. The quantitative estimate of drug-likeness (QED) is 0.721. The Hall–Kier alpha value is -1.93. The molecule has 1 fully saturated rings. The van der Waals surface area contributed by atoms with E-state index in [0.717, 1.165) is 38.2 Å². The molecule has 0 atom stereocenters. The van der Waals surface area contributed by atoms with E-state index in [1.807, 2.05) is 31.2 Å². The van der Waals surface area contributed by atoms with Crippen molar-refractivity contribution in [2.75, 3.05) is 25.4 Å². The summed E-state index contributed by atoms with van der Waals surface area (Å²) in [5.74, 6) is 0.376. The number of quaternary nitrogens is 1. The number of aryl methyl sites for hydroxylation is 1. The smallest absolute Gasteiger partial charge is 0.230 e. The van der Waals surface area contributed by atoms with E-state index in [0.29, 0.717) is 17.0 Å². The molecule has 0 aliphatic carbocycles. The summed E-state index contributed by atoms with van der Waals surface area (Å²) >= 11 is 1.36. The van der Waals surface area contributed by atoms with Gasteiger partial charge in [0.1, 0.15) is 0 Å². The molecule has 134 valence electrons. The molecule has 0 saturated carbocycles. The Morgan fingerprint density at radius 2 is 2.04 bits per heavy atom. The molecule has 1 aliphatic heterocycles. The van der Waals surface area contributed by atoms with Gasteiger partial charge in [0.25, 0.3) is 0 Å². The van der Waals surface area contributed by atoms with Crippen LogP contribution in [0.3, 0.4) is 0 Å². The number of nitrogens with one attached hydrogen (secondary N) is 2. The third kappa shape index (κ3) is 4.79. The normalized spacial score (nSPS) is 20.4. The van der Waals surface area contributed by atoms with Gasteiger partial charge in [0.15, 0.2) is 0 Å². The van der Waals surface area contributed by atoms with Crippen LogP contribution in [0.2, 0.25) is 0 Å². The summed E-state index contributed by atoms with van der Waals surface area (Å²) in [4.78, 5) is 13.9. The minimum atomic E-state index is 0.0494. The molecule has 2 aromatic rings. The minimum absolute atomic E-state index is 0.0494. The van der Waals surface area contributed by atoms with Crippen LogP contribution in [0.15, 0.2) is 29.4 Å². The van der Waals surface area contributed by atoms with Crippen molar-refractivity contribution in [1.82, 2.24) is 25.5 Å². The van der Waals surface area contributed by atoms with Crippen LogP contribution >= 0.6 is 11.8 Å². The number of benzene rings is 1. The maximum atomic E-state index is 12.2. The van der Waals surface area contributed by atoms with Crippen LogP contribution in [0, 0.1) is 6.92 Å². The lowest BCUT2D eigenvalue weighted by atomic mass is 10.1. The standard InChI is InChI=1S/C17H24N6OS/c1-3-22-10-8-14(9-11-22)18-16(24)12-25-17-19-20-21-23(17)15-6-4-13(2)5-7-15/h4-7,14H,3,8-12H2,1-2H3,(H,18,24)/p+1. The molecule has 1 amide bonds. The first-order chi connectivity index (χ1) is 12.2. The first kappa shape index (κ1) is 17.9. The minimum Gasteiger partial charge on any atom is -0.352 e. The number of tetrazole rings is 1. The van der Waals surface area contributed by atoms with Gasteiger partial charge in [0.2, 0.25) is 11.1 Å². The fourth-order valence-corrected chi connectivity index (χ4v) is 3.74. The van der Waals surface area contributed by atoms with E-state index >= 15 is 0 Å².